The lowest BCUT2D eigenvalue weighted by atomic mass is 9.82. The van der Waals surface area contributed by atoms with Gasteiger partial charge in [-0.15, -0.1) is 0 Å². The van der Waals surface area contributed by atoms with Crippen molar-refractivity contribution in [3.8, 4) is 5.75 Å². The summed E-state index contributed by atoms with van der Waals surface area (Å²) in [7, 11) is 0. The highest BCUT2D eigenvalue weighted by atomic mass is 16.8. The van der Waals surface area contributed by atoms with Crippen LogP contribution in [0.5, 0.6) is 5.75 Å². The van der Waals surface area contributed by atoms with Crippen molar-refractivity contribution >= 4 is 12.0 Å². The molecule has 0 radical (unpaired) electrons. The summed E-state index contributed by atoms with van der Waals surface area (Å²) in [6, 6.07) is 6.17. The molecule has 1 saturated carbocycles. The number of hydrogen-bond acceptors (Lipinski definition) is 12. The summed E-state index contributed by atoms with van der Waals surface area (Å²) in [5, 5.41) is 60.7. The lowest BCUT2D eigenvalue weighted by Crippen LogP contribution is -2.62. The predicted octanol–water partition coefficient (Wildman–Crippen LogP) is -1.48. The Bertz CT molecular complexity index is 1040. The van der Waals surface area contributed by atoms with Gasteiger partial charge in [0.1, 0.15) is 47.5 Å². The standard InChI is InChI=1S/C24H28O12/c1-23-18-22(35-21-17(30)16(29)15(28)13(10-25)33-21)32-9-8-24(18,31)20(19(23)36-23)34-14(27)7-4-11-2-5-12(26)6-3-11/h2-9,13,15-22,25-26,28-31H,10H2,1H3/t13-,15-,16+,17-,18-,19+,20+,21+,22+,23-,24+/m1/s1. The molecular weight excluding hydrogens is 480 g/mol. The SMILES string of the molecule is C[C@]12O[C@H]1[C@H](OC(=O)C=Cc1ccc(O)cc1)[C@]1(O)C=CO[C@@H](O[C@@H]3O[C@H](CO)[C@@H](O)[C@H](O)[C@H]3O)[C@@H]12. The molecule has 196 valence electrons. The number of carbonyl (C=O) groups is 1. The van der Waals surface area contributed by atoms with Gasteiger partial charge in [0.15, 0.2) is 12.4 Å². The minimum atomic E-state index is -1.75. The Morgan fingerprint density at radius 3 is 2.53 bits per heavy atom. The first-order chi connectivity index (χ1) is 17.1. The Balaban J connectivity index is 1.31. The van der Waals surface area contributed by atoms with Gasteiger partial charge in [-0.25, -0.2) is 4.79 Å². The second kappa shape index (κ2) is 9.08. The predicted molar refractivity (Wildman–Crippen MR) is 118 cm³/mol. The monoisotopic (exact) mass is 508 g/mol. The Morgan fingerprint density at radius 2 is 1.83 bits per heavy atom. The Hall–Kier alpha value is -2.55. The number of esters is 1. The van der Waals surface area contributed by atoms with Gasteiger partial charge < -0.3 is 54.3 Å². The number of phenols is 1. The van der Waals surface area contributed by atoms with Gasteiger partial charge in [0.2, 0.25) is 6.29 Å². The number of carbonyl (C=O) groups excluding carboxylic acids is 1. The molecule has 1 aromatic carbocycles. The van der Waals surface area contributed by atoms with Crippen molar-refractivity contribution in [3.63, 3.8) is 0 Å². The van der Waals surface area contributed by atoms with E-state index < -0.39 is 78.9 Å². The summed E-state index contributed by atoms with van der Waals surface area (Å²) in [5.41, 5.74) is -2.11. The molecule has 4 aliphatic rings. The van der Waals surface area contributed by atoms with Crippen molar-refractivity contribution in [2.24, 2.45) is 5.92 Å². The molecule has 3 aliphatic heterocycles. The van der Waals surface area contributed by atoms with E-state index in [1.807, 2.05) is 0 Å². The summed E-state index contributed by atoms with van der Waals surface area (Å²) < 4.78 is 28.1. The molecule has 3 heterocycles. The van der Waals surface area contributed by atoms with Gasteiger partial charge in [0.25, 0.3) is 0 Å². The maximum atomic E-state index is 12.6. The van der Waals surface area contributed by atoms with Crippen molar-refractivity contribution in [3.05, 3.63) is 48.2 Å². The first-order valence-corrected chi connectivity index (χ1v) is 11.5. The van der Waals surface area contributed by atoms with Crippen molar-refractivity contribution in [1.82, 2.24) is 0 Å². The minimum absolute atomic E-state index is 0.0888. The zero-order valence-electron chi connectivity index (χ0n) is 19.2. The number of phenolic OH excluding ortho intramolecular Hbond substituents is 1. The van der Waals surface area contributed by atoms with Crippen LogP contribution < -0.4 is 0 Å². The average molecular weight is 508 g/mol. The molecule has 5 rings (SSSR count). The fraction of sp³-hybridized carbons (Fsp3) is 0.542. The summed E-state index contributed by atoms with van der Waals surface area (Å²) in [6.45, 7) is 1.06. The average Bonchev–Trinajstić information content (AvgIpc) is 3.48. The number of fused-ring (bicyclic) bond motifs is 3. The maximum Gasteiger partial charge on any atom is 0.331 e. The normalized spacial score (nSPS) is 45.1. The Kier molecular flexibility index (Phi) is 6.34. The van der Waals surface area contributed by atoms with E-state index in [0.717, 1.165) is 0 Å². The first kappa shape index (κ1) is 25.1. The zero-order valence-corrected chi connectivity index (χ0v) is 19.2. The second-order valence-electron chi connectivity index (χ2n) is 9.51. The van der Waals surface area contributed by atoms with Gasteiger partial charge in [-0.1, -0.05) is 12.1 Å². The number of aromatic hydroxyl groups is 1. The van der Waals surface area contributed by atoms with E-state index in [4.69, 9.17) is 23.7 Å². The number of benzene rings is 1. The molecule has 0 unspecified atom stereocenters. The quantitative estimate of drug-likeness (QED) is 0.149. The minimum Gasteiger partial charge on any atom is -0.508 e. The van der Waals surface area contributed by atoms with Gasteiger partial charge in [-0.3, -0.25) is 0 Å². The van der Waals surface area contributed by atoms with Crippen molar-refractivity contribution < 1.29 is 59.1 Å². The zero-order chi connectivity index (χ0) is 25.8. The molecule has 11 atom stereocenters. The number of aliphatic hydroxyl groups excluding tert-OH is 4. The topological polar surface area (TPSA) is 188 Å². The van der Waals surface area contributed by atoms with Crippen LogP contribution in [0.4, 0.5) is 0 Å². The molecule has 0 bridgehead atoms. The maximum absolute atomic E-state index is 12.6. The fourth-order valence-corrected chi connectivity index (χ4v) is 5.21. The van der Waals surface area contributed by atoms with Crippen molar-refractivity contribution in [1.29, 1.82) is 0 Å². The van der Waals surface area contributed by atoms with Crippen LogP contribution >= 0.6 is 0 Å². The molecule has 1 aliphatic carbocycles. The molecule has 3 fully saturated rings. The Labute approximate surface area is 205 Å². The number of aliphatic hydroxyl groups is 5. The van der Waals surface area contributed by atoms with Crippen LogP contribution in [0.1, 0.15) is 12.5 Å². The lowest BCUT2D eigenvalue weighted by molar-refractivity contribution is -0.349. The largest absolute Gasteiger partial charge is 0.508 e. The van der Waals surface area contributed by atoms with Crippen LogP contribution in [-0.4, -0.2) is 104 Å². The highest BCUT2D eigenvalue weighted by molar-refractivity contribution is 5.87. The van der Waals surface area contributed by atoms with E-state index in [1.54, 1.807) is 19.1 Å². The highest BCUT2D eigenvalue weighted by Crippen LogP contribution is 2.62. The number of rotatable bonds is 6. The second-order valence-corrected chi connectivity index (χ2v) is 9.51. The molecule has 0 spiro atoms. The van der Waals surface area contributed by atoms with E-state index in [2.05, 4.69) is 0 Å². The molecule has 12 nitrogen and oxygen atoms in total. The van der Waals surface area contributed by atoms with E-state index in [1.165, 1.54) is 36.6 Å². The van der Waals surface area contributed by atoms with E-state index in [9.17, 15) is 35.4 Å². The molecule has 36 heavy (non-hydrogen) atoms. The summed E-state index contributed by atoms with van der Waals surface area (Å²) in [4.78, 5) is 12.6. The third-order valence-electron chi connectivity index (χ3n) is 7.22. The number of epoxide rings is 1. The summed E-state index contributed by atoms with van der Waals surface area (Å²) >= 11 is 0. The fourth-order valence-electron chi connectivity index (χ4n) is 5.21. The van der Waals surface area contributed by atoms with Crippen LogP contribution in [-0.2, 0) is 28.5 Å². The molecule has 0 amide bonds. The van der Waals surface area contributed by atoms with Crippen LogP contribution in [0.15, 0.2) is 42.7 Å². The van der Waals surface area contributed by atoms with Gasteiger partial charge in [0, 0.05) is 6.08 Å². The smallest absolute Gasteiger partial charge is 0.331 e. The number of ether oxygens (including phenoxy) is 5. The van der Waals surface area contributed by atoms with E-state index in [0.29, 0.717) is 5.56 Å². The molecule has 0 aromatic heterocycles. The van der Waals surface area contributed by atoms with E-state index >= 15 is 0 Å². The summed E-state index contributed by atoms with van der Waals surface area (Å²) in [5.74, 6) is -1.57. The molecule has 6 N–H and O–H groups in total. The molecule has 1 aromatic rings. The Morgan fingerprint density at radius 1 is 1.11 bits per heavy atom. The van der Waals surface area contributed by atoms with Crippen LogP contribution in [0, 0.1) is 5.92 Å². The molecular formula is C24H28O12. The first-order valence-electron chi connectivity index (χ1n) is 11.5. The third-order valence-corrected chi connectivity index (χ3v) is 7.22. The lowest BCUT2D eigenvalue weighted by Gasteiger charge is -2.45. The third kappa shape index (κ3) is 4.09. The van der Waals surface area contributed by atoms with E-state index in [-0.39, 0.29) is 5.75 Å². The summed E-state index contributed by atoms with van der Waals surface area (Å²) in [6.07, 6.45) is -5.42. The van der Waals surface area contributed by atoms with Gasteiger partial charge in [0.05, 0.1) is 18.8 Å². The molecule has 2 saturated heterocycles. The van der Waals surface area contributed by atoms with Gasteiger partial charge in [-0.05, 0) is 36.8 Å². The van der Waals surface area contributed by atoms with Gasteiger partial charge in [-0.2, -0.15) is 0 Å². The van der Waals surface area contributed by atoms with Crippen molar-refractivity contribution in [2.45, 2.75) is 67.3 Å². The highest BCUT2D eigenvalue weighted by Gasteiger charge is 2.80. The van der Waals surface area contributed by atoms with Crippen LogP contribution in [0.25, 0.3) is 6.08 Å². The van der Waals surface area contributed by atoms with Crippen LogP contribution in [0.3, 0.4) is 0 Å². The van der Waals surface area contributed by atoms with Crippen LogP contribution in [0.2, 0.25) is 0 Å². The van der Waals surface area contributed by atoms with Gasteiger partial charge >= 0.3 is 5.97 Å². The van der Waals surface area contributed by atoms with Crippen molar-refractivity contribution in [2.75, 3.05) is 6.61 Å². The molecule has 12 heteroatoms. The number of hydrogen-bond donors (Lipinski definition) is 6.